The highest BCUT2D eigenvalue weighted by Crippen LogP contribution is 2.43. The van der Waals surface area contributed by atoms with E-state index in [4.69, 9.17) is 16.7 Å². The number of carbonyl (C=O) groups excluding carboxylic acids is 1. The molecular formula is C27H26ClN5O. The van der Waals surface area contributed by atoms with Crippen molar-refractivity contribution in [3.63, 3.8) is 0 Å². The van der Waals surface area contributed by atoms with E-state index in [0.29, 0.717) is 23.9 Å². The fraction of sp³-hybridized carbons (Fsp3) is 0.259. The van der Waals surface area contributed by atoms with Gasteiger partial charge in [0.2, 0.25) is 5.91 Å². The minimum absolute atomic E-state index is 0.0412. The zero-order chi connectivity index (χ0) is 24.0. The van der Waals surface area contributed by atoms with E-state index in [9.17, 15) is 4.79 Å². The Labute approximate surface area is 204 Å². The molecule has 4 aromatic rings. The molecule has 34 heavy (non-hydrogen) atoms. The van der Waals surface area contributed by atoms with Gasteiger partial charge in [-0.2, -0.15) is 9.78 Å². The summed E-state index contributed by atoms with van der Waals surface area (Å²) < 4.78 is 1.74. The van der Waals surface area contributed by atoms with Crippen LogP contribution in [0.25, 0.3) is 5.95 Å². The Hall–Kier alpha value is -3.51. The van der Waals surface area contributed by atoms with Crippen molar-refractivity contribution in [1.82, 2.24) is 19.7 Å². The van der Waals surface area contributed by atoms with E-state index >= 15 is 0 Å². The van der Waals surface area contributed by atoms with Gasteiger partial charge in [0.05, 0.1) is 12.2 Å². The number of benzene rings is 2. The van der Waals surface area contributed by atoms with Crippen molar-refractivity contribution in [2.45, 2.75) is 46.6 Å². The predicted molar refractivity (Wildman–Crippen MR) is 134 cm³/mol. The largest absolute Gasteiger partial charge is 0.292 e. The molecule has 0 saturated carbocycles. The summed E-state index contributed by atoms with van der Waals surface area (Å²) in [6, 6.07) is 17.9. The van der Waals surface area contributed by atoms with Crippen molar-refractivity contribution < 1.29 is 4.79 Å². The first kappa shape index (κ1) is 22.3. The molecule has 0 saturated heterocycles. The van der Waals surface area contributed by atoms with E-state index in [1.807, 2.05) is 68.1 Å². The number of hydrogen-bond acceptors (Lipinski definition) is 4. The molecule has 3 heterocycles. The maximum atomic E-state index is 13.6. The normalized spacial score (nSPS) is 15.5. The monoisotopic (exact) mass is 471 g/mol. The molecular weight excluding hydrogens is 446 g/mol. The van der Waals surface area contributed by atoms with Crippen molar-refractivity contribution in [2.75, 3.05) is 4.90 Å². The van der Waals surface area contributed by atoms with Gasteiger partial charge in [0.25, 0.3) is 5.95 Å². The average molecular weight is 472 g/mol. The van der Waals surface area contributed by atoms with Crippen LogP contribution in [0, 0.1) is 27.7 Å². The Kier molecular flexibility index (Phi) is 5.70. The second-order valence-corrected chi connectivity index (χ2v) is 9.40. The Morgan fingerprint density at radius 3 is 2.35 bits per heavy atom. The Morgan fingerprint density at radius 2 is 1.68 bits per heavy atom. The Balaban J connectivity index is 1.71. The first-order chi connectivity index (χ1) is 16.3. The molecule has 1 amide bonds. The van der Waals surface area contributed by atoms with E-state index in [1.165, 1.54) is 0 Å². The fourth-order valence-electron chi connectivity index (χ4n) is 4.78. The number of hydrogen-bond donors (Lipinski definition) is 0. The van der Waals surface area contributed by atoms with Crippen LogP contribution < -0.4 is 4.90 Å². The molecule has 1 aliphatic heterocycles. The summed E-state index contributed by atoms with van der Waals surface area (Å²) in [5.41, 5.74) is 6.85. The molecule has 0 fully saturated rings. The molecule has 0 N–H and O–H groups in total. The second-order valence-electron chi connectivity index (χ2n) is 8.96. The minimum atomic E-state index is -0.117. The van der Waals surface area contributed by atoms with Crippen molar-refractivity contribution in [2.24, 2.45) is 0 Å². The van der Waals surface area contributed by atoms with Gasteiger partial charge >= 0.3 is 0 Å². The standard InChI is InChI=1S/C27H26ClN5O/c1-16-6-5-7-20(12-16)15-32-24(34)14-23(21-8-10-22(28)11-9-21)25-19(4)31-33(26(25)32)27-29-17(2)13-18(3)30-27/h5-13,23H,14-15H2,1-4H3/t23-/m1/s1. The third kappa shape index (κ3) is 4.10. The van der Waals surface area contributed by atoms with E-state index < -0.39 is 0 Å². The third-order valence-electron chi connectivity index (χ3n) is 6.22. The van der Waals surface area contributed by atoms with Crippen molar-refractivity contribution in [1.29, 1.82) is 0 Å². The van der Waals surface area contributed by atoms with Crippen LogP contribution in [0.1, 0.15) is 51.7 Å². The average Bonchev–Trinajstić information content (AvgIpc) is 3.13. The van der Waals surface area contributed by atoms with Crippen molar-refractivity contribution >= 4 is 23.3 Å². The molecule has 1 atom stereocenters. The van der Waals surface area contributed by atoms with Gasteiger partial charge in [-0.15, -0.1) is 0 Å². The summed E-state index contributed by atoms with van der Waals surface area (Å²) in [7, 11) is 0. The molecule has 0 unspecified atom stereocenters. The number of aromatic nitrogens is 4. The van der Waals surface area contributed by atoms with Crippen LogP contribution in [-0.4, -0.2) is 25.7 Å². The highest BCUT2D eigenvalue weighted by Gasteiger charge is 2.38. The molecule has 0 aliphatic carbocycles. The number of fused-ring (bicyclic) bond motifs is 1. The number of nitrogens with zero attached hydrogens (tertiary/aromatic N) is 5. The lowest BCUT2D eigenvalue weighted by atomic mass is 9.85. The second kappa shape index (κ2) is 8.69. The van der Waals surface area contributed by atoms with Crippen LogP contribution in [0.2, 0.25) is 5.02 Å². The van der Waals surface area contributed by atoms with Gasteiger partial charge in [-0.1, -0.05) is 53.6 Å². The summed E-state index contributed by atoms with van der Waals surface area (Å²) in [5.74, 6) is 1.13. The molecule has 0 bridgehead atoms. The lowest BCUT2D eigenvalue weighted by Crippen LogP contribution is -2.38. The Morgan fingerprint density at radius 1 is 0.971 bits per heavy atom. The summed E-state index contributed by atoms with van der Waals surface area (Å²) in [6.45, 7) is 8.37. The van der Waals surface area contributed by atoms with Gasteiger partial charge in [-0.3, -0.25) is 9.69 Å². The fourth-order valence-corrected chi connectivity index (χ4v) is 4.90. The first-order valence-electron chi connectivity index (χ1n) is 11.3. The van der Waals surface area contributed by atoms with Gasteiger partial charge in [-0.25, -0.2) is 9.97 Å². The number of amides is 1. The van der Waals surface area contributed by atoms with Crippen LogP contribution in [-0.2, 0) is 11.3 Å². The highest BCUT2D eigenvalue weighted by atomic mass is 35.5. The van der Waals surface area contributed by atoms with Gasteiger partial charge in [0.15, 0.2) is 0 Å². The van der Waals surface area contributed by atoms with Crippen LogP contribution >= 0.6 is 11.6 Å². The molecule has 7 heteroatoms. The Bertz CT molecular complexity index is 1370. The first-order valence-corrected chi connectivity index (χ1v) is 11.7. The van der Waals surface area contributed by atoms with Gasteiger partial charge in [0.1, 0.15) is 5.82 Å². The van der Waals surface area contributed by atoms with E-state index in [0.717, 1.165) is 45.2 Å². The molecule has 2 aromatic carbocycles. The summed E-state index contributed by atoms with van der Waals surface area (Å²) in [5, 5.41) is 5.52. The quantitative estimate of drug-likeness (QED) is 0.387. The van der Waals surface area contributed by atoms with Crippen LogP contribution in [0.15, 0.2) is 54.6 Å². The zero-order valence-electron chi connectivity index (χ0n) is 19.7. The molecule has 2 aromatic heterocycles. The molecule has 0 radical (unpaired) electrons. The SMILES string of the molecule is Cc1cccc(CN2C(=O)C[C@H](c3ccc(Cl)cc3)c3c(C)nn(-c4nc(C)cc(C)n4)c32)c1. The summed E-state index contributed by atoms with van der Waals surface area (Å²) in [4.78, 5) is 24.8. The lowest BCUT2D eigenvalue weighted by molar-refractivity contribution is -0.119. The van der Waals surface area contributed by atoms with Crippen molar-refractivity contribution in [3.05, 3.63) is 99.0 Å². The lowest BCUT2D eigenvalue weighted by Gasteiger charge is -2.33. The summed E-state index contributed by atoms with van der Waals surface area (Å²) in [6.07, 6.45) is 0.362. The maximum Gasteiger partial charge on any atom is 0.252 e. The number of rotatable bonds is 4. The molecule has 6 nitrogen and oxygen atoms in total. The molecule has 172 valence electrons. The minimum Gasteiger partial charge on any atom is -0.292 e. The van der Waals surface area contributed by atoms with E-state index in [-0.39, 0.29) is 11.8 Å². The van der Waals surface area contributed by atoms with E-state index in [2.05, 4.69) is 29.0 Å². The maximum absolute atomic E-state index is 13.6. The van der Waals surface area contributed by atoms with Gasteiger partial charge in [0, 0.05) is 34.3 Å². The van der Waals surface area contributed by atoms with Gasteiger partial charge in [-0.05, 0) is 57.0 Å². The third-order valence-corrected chi connectivity index (χ3v) is 6.47. The predicted octanol–water partition coefficient (Wildman–Crippen LogP) is 5.62. The number of anilines is 1. The van der Waals surface area contributed by atoms with Gasteiger partial charge < -0.3 is 0 Å². The molecule has 5 rings (SSSR count). The number of halogens is 1. The summed E-state index contributed by atoms with van der Waals surface area (Å²) >= 11 is 6.14. The highest BCUT2D eigenvalue weighted by molar-refractivity contribution is 6.30. The van der Waals surface area contributed by atoms with Crippen LogP contribution in [0.3, 0.4) is 0 Å². The zero-order valence-corrected chi connectivity index (χ0v) is 20.5. The molecule has 1 aliphatic rings. The smallest absolute Gasteiger partial charge is 0.252 e. The van der Waals surface area contributed by atoms with Crippen LogP contribution in [0.5, 0.6) is 0 Å². The van der Waals surface area contributed by atoms with Crippen molar-refractivity contribution in [3.8, 4) is 5.95 Å². The van der Waals surface area contributed by atoms with E-state index in [1.54, 1.807) is 4.68 Å². The molecule has 0 spiro atoms. The van der Waals surface area contributed by atoms with Crippen LogP contribution in [0.4, 0.5) is 5.82 Å². The number of carbonyl (C=O) groups is 1. The number of aryl methyl sites for hydroxylation is 4. The topological polar surface area (TPSA) is 63.9 Å².